The second-order valence-electron chi connectivity index (χ2n) is 7.28. The van der Waals surface area contributed by atoms with Crippen LogP contribution in [-0.2, 0) is 6.54 Å². The highest BCUT2D eigenvalue weighted by Crippen LogP contribution is 2.24. The first-order chi connectivity index (χ1) is 12.9. The Morgan fingerprint density at radius 1 is 1.15 bits per heavy atom. The van der Waals surface area contributed by atoms with Crippen molar-refractivity contribution in [3.05, 3.63) is 58.4 Å². The van der Waals surface area contributed by atoms with Crippen LogP contribution in [0, 0.1) is 0 Å². The lowest BCUT2D eigenvalue weighted by atomic mass is 10.0. The minimum atomic E-state index is -0.194. The lowest BCUT2D eigenvalue weighted by molar-refractivity contribution is 0.0998. The molecule has 0 aliphatic rings. The first kappa shape index (κ1) is 19.4. The number of aromatic nitrogens is 1. The van der Waals surface area contributed by atoms with Crippen LogP contribution in [0.2, 0.25) is 0 Å². The highest BCUT2D eigenvalue weighted by molar-refractivity contribution is 7.16. The lowest BCUT2D eigenvalue weighted by Gasteiger charge is -2.11. The van der Waals surface area contributed by atoms with Gasteiger partial charge in [-0.25, -0.2) is 0 Å². The molecule has 2 aromatic carbocycles. The number of carbonyl (C=O) groups is 1. The molecule has 1 amide bonds. The highest BCUT2D eigenvalue weighted by atomic mass is 32.1. The van der Waals surface area contributed by atoms with E-state index in [0.717, 1.165) is 29.0 Å². The molecule has 0 saturated carbocycles. The Morgan fingerprint density at radius 3 is 2.44 bits per heavy atom. The van der Waals surface area contributed by atoms with Crippen molar-refractivity contribution in [2.24, 2.45) is 4.99 Å². The number of hydrogen-bond donors (Lipinski definition) is 0. The number of hydrogen-bond acceptors (Lipinski definition) is 3. The van der Waals surface area contributed by atoms with Gasteiger partial charge in [0.2, 0.25) is 0 Å². The van der Waals surface area contributed by atoms with Gasteiger partial charge in [-0.1, -0.05) is 38.2 Å². The summed E-state index contributed by atoms with van der Waals surface area (Å²) in [5.41, 5.74) is 4.14. The van der Waals surface area contributed by atoms with E-state index in [0.29, 0.717) is 11.5 Å². The van der Waals surface area contributed by atoms with E-state index >= 15 is 0 Å². The maximum absolute atomic E-state index is 12.7. The smallest absolute Gasteiger partial charge is 0.279 e. The van der Waals surface area contributed by atoms with Crippen LogP contribution in [0.4, 0.5) is 5.69 Å². The molecule has 4 nitrogen and oxygen atoms in total. The van der Waals surface area contributed by atoms with Gasteiger partial charge in [-0.05, 0) is 54.3 Å². The number of anilines is 1. The summed E-state index contributed by atoms with van der Waals surface area (Å²) >= 11 is 1.59. The van der Waals surface area contributed by atoms with Crippen LogP contribution >= 0.6 is 11.3 Å². The molecule has 1 heterocycles. The van der Waals surface area contributed by atoms with Crippen LogP contribution in [0.5, 0.6) is 0 Å². The van der Waals surface area contributed by atoms with E-state index in [4.69, 9.17) is 0 Å². The summed E-state index contributed by atoms with van der Waals surface area (Å²) in [7, 11) is 3.97. The van der Waals surface area contributed by atoms with Gasteiger partial charge in [0.05, 0.1) is 10.2 Å². The van der Waals surface area contributed by atoms with Crippen molar-refractivity contribution in [3.63, 3.8) is 0 Å². The van der Waals surface area contributed by atoms with Crippen molar-refractivity contribution in [3.8, 4) is 0 Å². The molecule has 0 saturated heterocycles. The summed E-state index contributed by atoms with van der Waals surface area (Å²) in [6.45, 7) is 7.39. The number of nitrogens with zero attached hydrogens (tertiary/aromatic N) is 3. The number of aryl methyl sites for hydroxylation is 1. The molecular formula is C22H27N3OS. The quantitative estimate of drug-likeness (QED) is 0.621. The van der Waals surface area contributed by atoms with E-state index in [1.54, 1.807) is 11.3 Å². The van der Waals surface area contributed by atoms with Crippen LogP contribution < -0.4 is 9.70 Å². The molecule has 0 aliphatic carbocycles. The summed E-state index contributed by atoms with van der Waals surface area (Å²) in [6.07, 6.45) is 0.997. The SMILES string of the molecule is CCCn1c(=NC(=O)c2ccc(N(C)C)cc2)sc2cc(C(C)C)ccc21. The minimum Gasteiger partial charge on any atom is -0.378 e. The number of amides is 1. The van der Waals surface area contributed by atoms with Crippen LogP contribution in [0.25, 0.3) is 10.2 Å². The monoisotopic (exact) mass is 381 g/mol. The number of thiazole rings is 1. The summed E-state index contributed by atoms with van der Waals surface area (Å²) in [4.78, 5) is 20.0. The van der Waals surface area contributed by atoms with Crippen molar-refractivity contribution in [1.29, 1.82) is 0 Å². The second kappa shape index (κ2) is 8.09. The zero-order valence-corrected chi connectivity index (χ0v) is 17.5. The Labute approximate surface area is 164 Å². The Balaban J connectivity index is 2.05. The van der Waals surface area contributed by atoms with Crippen molar-refractivity contribution >= 4 is 33.1 Å². The summed E-state index contributed by atoms with van der Waals surface area (Å²) in [5.74, 6) is 0.286. The van der Waals surface area contributed by atoms with E-state index in [2.05, 4.69) is 48.5 Å². The average molecular weight is 382 g/mol. The average Bonchev–Trinajstić information content (AvgIpc) is 2.98. The van der Waals surface area contributed by atoms with E-state index in [9.17, 15) is 4.79 Å². The molecule has 3 rings (SSSR count). The Kier molecular flexibility index (Phi) is 5.80. The van der Waals surface area contributed by atoms with E-state index in [1.165, 1.54) is 10.3 Å². The van der Waals surface area contributed by atoms with Gasteiger partial charge in [-0.15, -0.1) is 0 Å². The molecule has 0 bridgehead atoms. The molecule has 27 heavy (non-hydrogen) atoms. The Hall–Kier alpha value is -2.40. The Bertz CT molecular complexity index is 1010. The topological polar surface area (TPSA) is 37.6 Å². The summed E-state index contributed by atoms with van der Waals surface area (Å²) in [5, 5.41) is 0. The largest absolute Gasteiger partial charge is 0.378 e. The Morgan fingerprint density at radius 2 is 1.85 bits per heavy atom. The maximum Gasteiger partial charge on any atom is 0.279 e. The molecule has 0 unspecified atom stereocenters. The fraction of sp³-hybridized carbons (Fsp3) is 0.364. The second-order valence-corrected chi connectivity index (χ2v) is 8.29. The van der Waals surface area contributed by atoms with E-state index in [-0.39, 0.29) is 5.91 Å². The van der Waals surface area contributed by atoms with Gasteiger partial charge >= 0.3 is 0 Å². The summed E-state index contributed by atoms with van der Waals surface area (Å²) in [6, 6.07) is 14.1. The fourth-order valence-corrected chi connectivity index (χ4v) is 4.13. The number of carbonyl (C=O) groups excluding carboxylic acids is 1. The van der Waals surface area contributed by atoms with Crippen molar-refractivity contribution in [2.75, 3.05) is 19.0 Å². The van der Waals surface area contributed by atoms with Crippen LogP contribution in [0.1, 0.15) is 49.0 Å². The van der Waals surface area contributed by atoms with Crippen LogP contribution in [0.15, 0.2) is 47.5 Å². The molecule has 0 radical (unpaired) electrons. The first-order valence-electron chi connectivity index (χ1n) is 9.40. The van der Waals surface area contributed by atoms with E-state index < -0.39 is 0 Å². The van der Waals surface area contributed by atoms with Gasteiger partial charge in [0, 0.05) is 31.9 Å². The van der Waals surface area contributed by atoms with Gasteiger partial charge in [0.25, 0.3) is 5.91 Å². The molecular weight excluding hydrogens is 354 g/mol. The molecule has 0 atom stereocenters. The molecule has 5 heteroatoms. The minimum absolute atomic E-state index is 0.194. The van der Waals surface area contributed by atoms with Crippen molar-refractivity contribution in [2.45, 2.75) is 39.7 Å². The molecule has 0 N–H and O–H groups in total. The third-order valence-electron chi connectivity index (χ3n) is 4.65. The number of rotatable bonds is 5. The van der Waals surface area contributed by atoms with Gasteiger partial charge in [0.1, 0.15) is 0 Å². The lowest BCUT2D eigenvalue weighted by Crippen LogP contribution is -2.17. The van der Waals surface area contributed by atoms with Crippen molar-refractivity contribution in [1.82, 2.24) is 4.57 Å². The summed E-state index contributed by atoms with van der Waals surface area (Å²) < 4.78 is 3.35. The molecule has 142 valence electrons. The molecule has 3 aromatic rings. The zero-order chi connectivity index (χ0) is 19.6. The third kappa shape index (κ3) is 4.14. The van der Waals surface area contributed by atoms with Crippen LogP contribution in [-0.4, -0.2) is 24.6 Å². The third-order valence-corrected chi connectivity index (χ3v) is 5.69. The van der Waals surface area contributed by atoms with E-state index in [1.807, 2.05) is 43.3 Å². The molecule has 0 fully saturated rings. The maximum atomic E-state index is 12.7. The molecule has 1 aromatic heterocycles. The van der Waals surface area contributed by atoms with Crippen molar-refractivity contribution < 1.29 is 4.79 Å². The molecule has 0 spiro atoms. The van der Waals surface area contributed by atoms with Gasteiger partial charge < -0.3 is 9.47 Å². The normalized spacial score (nSPS) is 12.1. The van der Waals surface area contributed by atoms with Gasteiger partial charge in [0.15, 0.2) is 4.80 Å². The highest BCUT2D eigenvalue weighted by Gasteiger charge is 2.11. The first-order valence-corrected chi connectivity index (χ1v) is 10.2. The fourth-order valence-electron chi connectivity index (χ4n) is 3.03. The number of benzene rings is 2. The standard InChI is InChI=1S/C22H27N3OS/c1-6-13-25-19-12-9-17(15(2)3)14-20(19)27-22(25)23-21(26)16-7-10-18(11-8-16)24(4)5/h7-12,14-15H,6,13H2,1-5H3. The van der Waals surface area contributed by atoms with Gasteiger partial charge in [-0.2, -0.15) is 4.99 Å². The predicted molar refractivity (Wildman–Crippen MR) is 115 cm³/mol. The zero-order valence-electron chi connectivity index (χ0n) is 16.7. The molecule has 0 aliphatic heterocycles. The number of fused-ring (bicyclic) bond motifs is 1. The predicted octanol–water partition coefficient (Wildman–Crippen LogP) is 5.04. The van der Waals surface area contributed by atoms with Gasteiger partial charge in [-0.3, -0.25) is 4.79 Å². The van der Waals surface area contributed by atoms with Crippen LogP contribution in [0.3, 0.4) is 0 Å².